The van der Waals surface area contributed by atoms with Crippen molar-refractivity contribution < 1.29 is 9.47 Å². The Hall–Kier alpha value is -1.50. The first-order chi connectivity index (χ1) is 13.7. The van der Waals surface area contributed by atoms with E-state index < -0.39 is 0 Å². The summed E-state index contributed by atoms with van der Waals surface area (Å²) in [5.74, 6) is 1.53. The third kappa shape index (κ3) is 6.83. The maximum Gasteiger partial charge on any atom is 0.191 e. The van der Waals surface area contributed by atoms with Crippen LogP contribution in [-0.2, 0) is 9.47 Å². The first kappa shape index (κ1) is 21.2. The zero-order valence-electron chi connectivity index (χ0n) is 16.8. The number of halogens is 1. The summed E-state index contributed by atoms with van der Waals surface area (Å²) in [5, 5.41) is 7.71. The molecular formula is C21H33ClN4O2. The van der Waals surface area contributed by atoms with Gasteiger partial charge in [0, 0.05) is 69.9 Å². The fourth-order valence-electron chi connectivity index (χ4n) is 3.72. The molecule has 2 N–H and O–H groups in total. The SMILES string of the molecule is CN=C(NCCCOCC1CCOCC1)NC1CCN(c2cccc(Cl)c2)C1. The topological polar surface area (TPSA) is 58.1 Å². The molecule has 0 bridgehead atoms. The molecule has 7 heteroatoms. The van der Waals surface area contributed by atoms with Crippen LogP contribution in [0, 0.1) is 5.92 Å². The Morgan fingerprint density at radius 3 is 2.96 bits per heavy atom. The van der Waals surface area contributed by atoms with Crippen LogP contribution in [0.2, 0.25) is 5.02 Å². The molecule has 1 unspecified atom stereocenters. The predicted molar refractivity (Wildman–Crippen MR) is 116 cm³/mol. The number of hydrogen-bond acceptors (Lipinski definition) is 4. The second-order valence-corrected chi connectivity index (χ2v) is 7.98. The summed E-state index contributed by atoms with van der Waals surface area (Å²) in [5.41, 5.74) is 1.18. The van der Waals surface area contributed by atoms with E-state index in [-0.39, 0.29) is 0 Å². The maximum atomic E-state index is 6.12. The van der Waals surface area contributed by atoms with Crippen LogP contribution in [0.25, 0.3) is 0 Å². The van der Waals surface area contributed by atoms with Gasteiger partial charge < -0.3 is 25.0 Å². The molecule has 0 radical (unpaired) electrons. The van der Waals surface area contributed by atoms with E-state index in [0.29, 0.717) is 12.0 Å². The van der Waals surface area contributed by atoms with Gasteiger partial charge in [0.25, 0.3) is 0 Å². The predicted octanol–water partition coefficient (Wildman–Crippen LogP) is 2.92. The van der Waals surface area contributed by atoms with Crippen molar-refractivity contribution in [2.45, 2.75) is 31.7 Å². The summed E-state index contributed by atoms with van der Waals surface area (Å²) in [6.07, 6.45) is 4.31. The normalized spacial score (nSPS) is 21.1. The van der Waals surface area contributed by atoms with E-state index in [9.17, 15) is 0 Å². The molecule has 6 nitrogen and oxygen atoms in total. The Kier molecular flexibility index (Phi) is 8.70. The maximum absolute atomic E-state index is 6.12. The van der Waals surface area contributed by atoms with Gasteiger partial charge in [0.2, 0.25) is 0 Å². The van der Waals surface area contributed by atoms with E-state index >= 15 is 0 Å². The lowest BCUT2D eigenvalue weighted by Crippen LogP contribution is -2.45. The Bertz CT molecular complexity index is 622. The number of benzene rings is 1. The van der Waals surface area contributed by atoms with Crippen LogP contribution >= 0.6 is 11.6 Å². The van der Waals surface area contributed by atoms with Gasteiger partial charge in [-0.2, -0.15) is 0 Å². The highest BCUT2D eigenvalue weighted by molar-refractivity contribution is 6.30. The van der Waals surface area contributed by atoms with Crippen molar-refractivity contribution >= 4 is 23.2 Å². The summed E-state index contributed by atoms with van der Waals surface area (Å²) >= 11 is 6.12. The number of nitrogens with one attached hydrogen (secondary N) is 2. The molecule has 3 rings (SSSR count). The van der Waals surface area contributed by atoms with E-state index in [2.05, 4.69) is 26.6 Å². The van der Waals surface area contributed by atoms with Crippen molar-refractivity contribution in [1.29, 1.82) is 0 Å². The quantitative estimate of drug-likeness (QED) is 0.393. The van der Waals surface area contributed by atoms with Crippen LogP contribution < -0.4 is 15.5 Å². The minimum atomic E-state index is 0.384. The van der Waals surface area contributed by atoms with Crippen molar-refractivity contribution in [2.75, 3.05) is 58.0 Å². The monoisotopic (exact) mass is 408 g/mol. The van der Waals surface area contributed by atoms with Gasteiger partial charge in [0.1, 0.15) is 0 Å². The number of anilines is 1. The Labute approximate surface area is 173 Å². The van der Waals surface area contributed by atoms with Gasteiger partial charge in [-0.3, -0.25) is 4.99 Å². The summed E-state index contributed by atoms with van der Waals surface area (Å²) in [6, 6.07) is 8.44. The number of hydrogen-bond donors (Lipinski definition) is 2. The highest BCUT2D eigenvalue weighted by Gasteiger charge is 2.23. The minimum absolute atomic E-state index is 0.384. The lowest BCUT2D eigenvalue weighted by Gasteiger charge is -2.22. The number of rotatable bonds is 8. The Morgan fingerprint density at radius 1 is 1.32 bits per heavy atom. The first-order valence-corrected chi connectivity index (χ1v) is 10.8. The van der Waals surface area contributed by atoms with E-state index in [1.165, 1.54) is 5.69 Å². The number of nitrogens with zero attached hydrogens (tertiary/aromatic N) is 2. The molecule has 0 amide bonds. The van der Waals surface area contributed by atoms with Crippen molar-refractivity contribution in [3.05, 3.63) is 29.3 Å². The lowest BCUT2D eigenvalue weighted by molar-refractivity contribution is 0.0203. The third-order valence-electron chi connectivity index (χ3n) is 5.38. The molecule has 0 aliphatic carbocycles. The molecule has 0 spiro atoms. The first-order valence-electron chi connectivity index (χ1n) is 10.4. The lowest BCUT2D eigenvalue weighted by atomic mass is 10.0. The smallest absolute Gasteiger partial charge is 0.191 e. The van der Waals surface area contributed by atoms with Gasteiger partial charge in [-0.15, -0.1) is 0 Å². The molecule has 1 aromatic carbocycles. The summed E-state index contributed by atoms with van der Waals surface area (Å²) < 4.78 is 11.2. The van der Waals surface area contributed by atoms with Crippen molar-refractivity contribution in [3.8, 4) is 0 Å². The highest BCUT2D eigenvalue weighted by Crippen LogP contribution is 2.23. The Morgan fingerprint density at radius 2 is 2.18 bits per heavy atom. The molecule has 2 fully saturated rings. The summed E-state index contributed by atoms with van der Waals surface area (Å²) in [7, 11) is 1.82. The van der Waals surface area contributed by atoms with Crippen LogP contribution in [0.3, 0.4) is 0 Å². The van der Waals surface area contributed by atoms with Gasteiger partial charge in [0.15, 0.2) is 5.96 Å². The van der Waals surface area contributed by atoms with Gasteiger partial charge in [0.05, 0.1) is 0 Å². The number of ether oxygens (including phenoxy) is 2. The van der Waals surface area contributed by atoms with Gasteiger partial charge in [-0.25, -0.2) is 0 Å². The van der Waals surface area contributed by atoms with E-state index in [1.54, 1.807) is 0 Å². The van der Waals surface area contributed by atoms with Crippen LogP contribution in [0.5, 0.6) is 0 Å². The summed E-state index contributed by atoms with van der Waals surface area (Å²) in [6.45, 7) is 6.24. The standard InChI is InChI=1S/C21H33ClN4O2/c1-23-21(24-9-3-11-28-16-17-7-12-27-13-8-17)25-19-6-10-26(15-19)20-5-2-4-18(22)14-20/h2,4-5,14,17,19H,3,6-13,15-16H2,1H3,(H2,23,24,25). The third-order valence-corrected chi connectivity index (χ3v) is 5.61. The molecule has 2 heterocycles. The molecule has 1 atom stereocenters. The van der Waals surface area contributed by atoms with E-state index in [1.807, 2.05) is 25.2 Å². The molecule has 2 saturated heterocycles. The summed E-state index contributed by atoms with van der Waals surface area (Å²) in [4.78, 5) is 6.72. The van der Waals surface area contributed by atoms with E-state index in [4.69, 9.17) is 21.1 Å². The number of guanidine groups is 1. The highest BCUT2D eigenvalue weighted by atomic mass is 35.5. The average molecular weight is 409 g/mol. The molecular weight excluding hydrogens is 376 g/mol. The number of aliphatic imine (C=N–C) groups is 1. The molecule has 28 heavy (non-hydrogen) atoms. The van der Waals surface area contributed by atoms with Crippen LogP contribution in [0.15, 0.2) is 29.3 Å². The minimum Gasteiger partial charge on any atom is -0.381 e. The van der Waals surface area contributed by atoms with Gasteiger partial charge in [-0.05, 0) is 49.8 Å². The molecule has 156 valence electrons. The van der Waals surface area contributed by atoms with Gasteiger partial charge in [-0.1, -0.05) is 17.7 Å². The van der Waals surface area contributed by atoms with Crippen LogP contribution in [0.4, 0.5) is 5.69 Å². The molecule has 1 aromatic rings. The van der Waals surface area contributed by atoms with Crippen LogP contribution in [0.1, 0.15) is 25.7 Å². The largest absolute Gasteiger partial charge is 0.381 e. The van der Waals surface area contributed by atoms with Gasteiger partial charge >= 0.3 is 0 Å². The molecule has 2 aliphatic heterocycles. The zero-order chi connectivity index (χ0) is 19.6. The van der Waals surface area contributed by atoms with Crippen molar-refractivity contribution in [2.24, 2.45) is 10.9 Å². The molecule has 0 aromatic heterocycles. The van der Waals surface area contributed by atoms with Crippen molar-refractivity contribution in [1.82, 2.24) is 10.6 Å². The zero-order valence-corrected chi connectivity index (χ0v) is 17.6. The molecule has 2 aliphatic rings. The Balaban J connectivity index is 1.29. The average Bonchev–Trinajstić information content (AvgIpc) is 3.19. The van der Waals surface area contributed by atoms with E-state index in [0.717, 1.165) is 82.7 Å². The second kappa shape index (κ2) is 11.5. The van der Waals surface area contributed by atoms with Crippen LogP contribution in [-0.4, -0.2) is 65.1 Å². The van der Waals surface area contributed by atoms with Crippen molar-refractivity contribution in [3.63, 3.8) is 0 Å². The fraction of sp³-hybridized carbons (Fsp3) is 0.667. The fourth-order valence-corrected chi connectivity index (χ4v) is 3.90. The molecule has 0 saturated carbocycles. The second-order valence-electron chi connectivity index (χ2n) is 7.54.